The van der Waals surface area contributed by atoms with Crippen LogP contribution in [-0.4, -0.2) is 36.0 Å². The van der Waals surface area contributed by atoms with Gasteiger partial charge in [-0.1, -0.05) is 11.8 Å². The molecule has 1 aromatic heterocycles. The number of anilines is 1. The maximum absolute atomic E-state index is 12.4. The number of phenols is 1. The number of carbonyl (C=O) groups is 1. The Hall–Kier alpha value is -3.40. The molecule has 10 heteroatoms. The second-order valence-electron chi connectivity index (χ2n) is 5.97. The van der Waals surface area contributed by atoms with Gasteiger partial charge in [0.15, 0.2) is 11.0 Å². The minimum atomic E-state index is -0.496. The van der Waals surface area contributed by atoms with Crippen molar-refractivity contribution in [3.63, 3.8) is 0 Å². The van der Waals surface area contributed by atoms with Crippen molar-refractivity contribution in [2.24, 2.45) is 7.05 Å². The highest BCUT2D eigenvalue weighted by molar-refractivity contribution is 8.00. The van der Waals surface area contributed by atoms with E-state index in [2.05, 4.69) is 15.5 Å². The van der Waals surface area contributed by atoms with E-state index in [1.165, 1.54) is 36.0 Å². The smallest absolute Gasteiger partial charge is 0.269 e. The van der Waals surface area contributed by atoms with Crippen molar-refractivity contribution < 1.29 is 14.8 Å². The molecule has 0 bridgehead atoms. The second-order valence-corrected chi connectivity index (χ2v) is 7.27. The molecule has 3 aromatic rings. The van der Waals surface area contributed by atoms with Crippen LogP contribution in [0.4, 0.5) is 11.4 Å². The zero-order chi connectivity index (χ0) is 20.3. The zero-order valence-electron chi connectivity index (χ0n) is 15.1. The number of hydrogen-bond acceptors (Lipinski definition) is 7. The van der Waals surface area contributed by atoms with Crippen LogP contribution in [0, 0.1) is 10.1 Å². The maximum atomic E-state index is 12.4. The Morgan fingerprint density at radius 3 is 2.43 bits per heavy atom. The molecule has 0 aliphatic heterocycles. The number of carbonyl (C=O) groups excluding carboxylic acids is 1. The fraction of sp³-hybridized carbons (Fsp3) is 0.167. The molecule has 0 radical (unpaired) electrons. The number of nitro groups is 1. The molecule has 2 aromatic carbocycles. The lowest BCUT2D eigenvalue weighted by Gasteiger charge is -2.11. The number of rotatable bonds is 6. The van der Waals surface area contributed by atoms with Crippen molar-refractivity contribution in [3.8, 4) is 17.1 Å². The predicted molar refractivity (Wildman–Crippen MR) is 105 cm³/mol. The quantitative estimate of drug-likeness (QED) is 0.370. The van der Waals surface area contributed by atoms with Crippen LogP contribution in [0.5, 0.6) is 5.75 Å². The molecule has 28 heavy (non-hydrogen) atoms. The van der Waals surface area contributed by atoms with E-state index in [0.29, 0.717) is 16.7 Å². The first-order chi connectivity index (χ1) is 13.3. The lowest BCUT2D eigenvalue weighted by molar-refractivity contribution is -0.384. The molecule has 144 valence electrons. The average molecular weight is 399 g/mol. The summed E-state index contributed by atoms with van der Waals surface area (Å²) in [5, 5.41) is 31.2. The van der Waals surface area contributed by atoms with Gasteiger partial charge in [0.25, 0.3) is 5.69 Å². The first-order valence-electron chi connectivity index (χ1n) is 8.26. The van der Waals surface area contributed by atoms with E-state index < -0.39 is 10.2 Å². The Balaban J connectivity index is 1.67. The van der Waals surface area contributed by atoms with Crippen molar-refractivity contribution in [1.82, 2.24) is 14.8 Å². The minimum absolute atomic E-state index is 0.0405. The Kier molecular flexibility index (Phi) is 5.59. The minimum Gasteiger partial charge on any atom is -0.508 e. The number of amides is 1. The van der Waals surface area contributed by atoms with Gasteiger partial charge in [-0.2, -0.15) is 0 Å². The van der Waals surface area contributed by atoms with Gasteiger partial charge in [0, 0.05) is 30.4 Å². The van der Waals surface area contributed by atoms with Crippen LogP contribution in [0.1, 0.15) is 6.92 Å². The number of nitrogens with zero attached hydrogens (tertiary/aromatic N) is 4. The molecule has 1 unspecified atom stereocenters. The zero-order valence-corrected chi connectivity index (χ0v) is 15.9. The van der Waals surface area contributed by atoms with Crippen molar-refractivity contribution in [2.75, 3.05) is 5.32 Å². The summed E-state index contributed by atoms with van der Waals surface area (Å²) in [6, 6.07) is 12.2. The standard InChI is InChI=1S/C18H17N5O4S/c1-11(17(25)19-13-5-7-14(8-6-13)23(26)27)28-18-21-20-16(22(18)2)12-3-9-15(24)10-4-12/h3-11,24H,1-2H3,(H,19,25). The fourth-order valence-corrected chi connectivity index (χ4v) is 3.22. The topological polar surface area (TPSA) is 123 Å². The summed E-state index contributed by atoms with van der Waals surface area (Å²) < 4.78 is 1.77. The van der Waals surface area contributed by atoms with Gasteiger partial charge in [-0.05, 0) is 43.3 Å². The number of hydrogen-bond donors (Lipinski definition) is 2. The van der Waals surface area contributed by atoms with Gasteiger partial charge in [0.05, 0.1) is 10.2 Å². The normalized spacial score (nSPS) is 11.8. The van der Waals surface area contributed by atoms with E-state index in [-0.39, 0.29) is 17.3 Å². The number of non-ortho nitro benzene ring substituents is 1. The van der Waals surface area contributed by atoms with Gasteiger partial charge in [-0.15, -0.1) is 10.2 Å². The van der Waals surface area contributed by atoms with Crippen LogP contribution in [-0.2, 0) is 11.8 Å². The number of phenolic OH excluding ortho intramolecular Hbond substituents is 1. The second kappa shape index (κ2) is 8.09. The predicted octanol–water partition coefficient (Wildman–Crippen LogP) is 3.22. The van der Waals surface area contributed by atoms with Gasteiger partial charge < -0.3 is 15.0 Å². The number of nitrogens with one attached hydrogen (secondary N) is 1. The van der Waals surface area contributed by atoms with Crippen LogP contribution in [0.2, 0.25) is 0 Å². The number of aromatic nitrogens is 3. The maximum Gasteiger partial charge on any atom is 0.269 e. The Morgan fingerprint density at radius 1 is 1.18 bits per heavy atom. The van der Waals surface area contributed by atoms with Crippen LogP contribution >= 0.6 is 11.8 Å². The van der Waals surface area contributed by atoms with Crippen molar-refractivity contribution >= 4 is 29.0 Å². The summed E-state index contributed by atoms with van der Waals surface area (Å²) in [6.45, 7) is 1.74. The SMILES string of the molecule is CC(Sc1nnc(-c2ccc(O)cc2)n1C)C(=O)Nc1ccc([N+](=O)[O-])cc1. The Labute approximate surface area is 164 Å². The van der Waals surface area contributed by atoms with E-state index in [0.717, 1.165) is 5.56 Å². The highest BCUT2D eigenvalue weighted by Gasteiger charge is 2.20. The Bertz CT molecular complexity index is 1000. The molecule has 0 aliphatic carbocycles. The van der Waals surface area contributed by atoms with E-state index in [1.807, 2.05) is 0 Å². The van der Waals surface area contributed by atoms with Crippen LogP contribution in [0.25, 0.3) is 11.4 Å². The van der Waals surface area contributed by atoms with Gasteiger partial charge in [0.1, 0.15) is 5.75 Å². The molecule has 0 fully saturated rings. The molecule has 0 saturated carbocycles. The third-order valence-corrected chi connectivity index (χ3v) is 5.09. The monoisotopic (exact) mass is 399 g/mol. The summed E-state index contributed by atoms with van der Waals surface area (Å²) in [5.74, 6) is 0.524. The van der Waals surface area contributed by atoms with E-state index >= 15 is 0 Å². The van der Waals surface area contributed by atoms with Gasteiger partial charge >= 0.3 is 0 Å². The van der Waals surface area contributed by atoms with Gasteiger partial charge in [-0.25, -0.2) is 0 Å². The molecular formula is C18H17N5O4S. The molecule has 0 saturated heterocycles. The van der Waals surface area contributed by atoms with Gasteiger partial charge in [-0.3, -0.25) is 14.9 Å². The van der Waals surface area contributed by atoms with E-state index in [9.17, 15) is 20.0 Å². The fourth-order valence-electron chi connectivity index (χ4n) is 2.40. The molecule has 9 nitrogen and oxygen atoms in total. The van der Waals surface area contributed by atoms with Crippen molar-refractivity contribution in [1.29, 1.82) is 0 Å². The number of aromatic hydroxyl groups is 1. The first kappa shape index (κ1) is 19.4. The largest absolute Gasteiger partial charge is 0.508 e. The molecular weight excluding hydrogens is 382 g/mol. The number of thioether (sulfide) groups is 1. The highest BCUT2D eigenvalue weighted by atomic mass is 32.2. The molecule has 1 heterocycles. The van der Waals surface area contributed by atoms with Gasteiger partial charge in [0.2, 0.25) is 5.91 Å². The van der Waals surface area contributed by atoms with Crippen LogP contribution in [0.15, 0.2) is 53.7 Å². The molecule has 1 atom stereocenters. The van der Waals surface area contributed by atoms with Crippen molar-refractivity contribution in [3.05, 3.63) is 58.6 Å². The summed E-state index contributed by atoms with van der Waals surface area (Å²) in [6.07, 6.45) is 0. The molecule has 0 aliphatic rings. The third-order valence-electron chi connectivity index (χ3n) is 3.96. The Morgan fingerprint density at radius 2 is 1.82 bits per heavy atom. The summed E-state index contributed by atoms with van der Waals surface area (Å²) in [5.41, 5.74) is 1.23. The summed E-state index contributed by atoms with van der Waals surface area (Å²) >= 11 is 1.24. The third kappa shape index (κ3) is 4.29. The van der Waals surface area contributed by atoms with Crippen molar-refractivity contribution in [2.45, 2.75) is 17.3 Å². The molecule has 3 rings (SSSR count). The van der Waals surface area contributed by atoms with E-state index in [1.54, 1.807) is 42.8 Å². The van der Waals surface area contributed by atoms with Crippen LogP contribution in [0.3, 0.4) is 0 Å². The molecule has 0 spiro atoms. The molecule has 2 N–H and O–H groups in total. The lowest BCUT2D eigenvalue weighted by Crippen LogP contribution is -2.22. The highest BCUT2D eigenvalue weighted by Crippen LogP contribution is 2.27. The summed E-state index contributed by atoms with van der Waals surface area (Å²) in [4.78, 5) is 22.6. The number of benzene rings is 2. The lowest BCUT2D eigenvalue weighted by atomic mass is 10.2. The first-order valence-corrected chi connectivity index (χ1v) is 9.14. The average Bonchev–Trinajstić information content (AvgIpc) is 3.03. The number of nitro benzene ring substituents is 1. The van der Waals surface area contributed by atoms with Crippen LogP contribution < -0.4 is 5.32 Å². The van der Waals surface area contributed by atoms with E-state index in [4.69, 9.17) is 0 Å². The molecule has 1 amide bonds. The summed E-state index contributed by atoms with van der Waals surface area (Å²) in [7, 11) is 1.80.